The summed E-state index contributed by atoms with van der Waals surface area (Å²) in [7, 11) is 1.92. The van der Waals surface area contributed by atoms with Gasteiger partial charge in [-0.15, -0.1) is 0 Å². The first kappa shape index (κ1) is 26.5. The Kier molecular flexibility index (Phi) is 7.33. The molecule has 0 aliphatic carbocycles. The van der Waals surface area contributed by atoms with Gasteiger partial charge >= 0.3 is 0 Å². The van der Waals surface area contributed by atoms with Crippen LogP contribution in [-0.4, -0.2) is 47.7 Å². The van der Waals surface area contributed by atoms with Gasteiger partial charge in [-0.25, -0.2) is 13.8 Å². The van der Waals surface area contributed by atoms with E-state index in [0.717, 1.165) is 33.4 Å². The monoisotopic (exact) mass is 649 g/mol. The number of carbonyl (C=O) groups is 1. The maximum Gasteiger partial charge on any atom is 0.253 e. The number of fused-ring (bicyclic) bond motifs is 3. The first-order valence-corrected chi connectivity index (χ1v) is 14.1. The van der Waals surface area contributed by atoms with Gasteiger partial charge in [-0.05, 0) is 90.7 Å². The van der Waals surface area contributed by atoms with E-state index >= 15 is 0 Å². The highest BCUT2D eigenvalue weighted by molar-refractivity contribution is 14.1. The molecule has 3 heterocycles. The third kappa shape index (κ3) is 5.11. The van der Waals surface area contributed by atoms with Crippen molar-refractivity contribution in [2.24, 2.45) is 4.99 Å². The molecular formula is C31H26F2IN5O. The fraction of sp³-hybridized carbons (Fsp3) is 0.194. The molecule has 1 aromatic heterocycles. The lowest BCUT2D eigenvalue weighted by atomic mass is 9.94. The summed E-state index contributed by atoms with van der Waals surface area (Å²) in [6, 6.07) is 21.1. The SMILES string of the molecule is CNC1CCN(C(=O)c2ccc(Nc3ccc4c(n3)-c3ccc(I)cc3C(c3c(F)cccc3F)=NC4)cc2)C1. The molecule has 2 aliphatic heterocycles. The number of halogens is 3. The quantitative estimate of drug-likeness (QED) is 0.254. The fourth-order valence-electron chi connectivity index (χ4n) is 5.23. The Morgan fingerprint density at radius 2 is 1.77 bits per heavy atom. The van der Waals surface area contributed by atoms with E-state index in [9.17, 15) is 13.6 Å². The minimum atomic E-state index is -0.654. The summed E-state index contributed by atoms with van der Waals surface area (Å²) in [5.74, 6) is -0.670. The molecule has 0 saturated carbocycles. The number of likely N-dealkylation sites (N-methyl/N-ethyl adjacent to an activating group) is 1. The summed E-state index contributed by atoms with van der Waals surface area (Å²) >= 11 is 2.18. The summed E-state index contributed by atoms with van der Waals surface area (Å²) < 4.78 is 30.6. The molecule has 40 heavy (non-hydrogen) atoms. The van der Waals surface area contributed by atoms with Gasteiger partial charge in [0.2, 0.25) is 0 Å². The largest absolute Gasteiger partial charge is 0.340 e. The Morgan fingerprint density at radius 3 is 2.50 bits per heavy atom. The zero-order valence-electron chi connectivity index (χ0n) is 21.7. The Labute approximate surface area is 244 Å². The second kappa shape index (κ2) is 11.1. The van der Waals surface area contributed by atoms with Crippen molar-refractivity contribution in [1.82, 2.24) is 15.2 Å². The maximum absolute atomic E-state index is 14.8. The van der Waals surface area contributed by atoms with E-state index in [0.29, 0.717) is 35.2 Å². The Bertz CT molecular complexity index is 1620. The van der Waals surface area contributed by atoms with Crippen molar-refractivity contribution in [3.8, 4) is 11.3 Å². The highest BCUT2D eigenvalue weighted by Crippen LogP contribution is 2.35. The van der Waals surface area contributed by atoms with E-state index in [-0.39, 0.29) is 23.7 Å². The van der Waals surface area contributed by atoms with Gasteiger partial charge in [-0.2, -0.15) is 0 Å². The molecule has 6 nitrogen and oxygen atoms in total. The van der Waals surface area contributed by atoms with Gasteiger partial charge in [-0.3, -0.25) is 9.79 Å². The minimum absolute atomic E-state index is 0.0285. The molecule has 0 bridgehead atoms. The molecule has 4 aromatic rings. The number of hydrogen-bond donors (Lipinski definition) is 2. The van der Waals surface area contributed by atoms with Crippen LogP contribution in [0, 0.1) is 15.2 Å². The predicted octanol–water partition coefficient (Wildman–Crippen LogP) is 6.16. The standard InChI is InChI=1S/C31H26F2IN5O/c1-35-22-13-14-39(17-22)31(40)18-5-9-21(10-6-18)37-27-12-7-19-16-36-30(28-25(32)3-2-4-26(28)33)24-15-20(34)8-11-23(24)29(19)38-27/h2-12,15,22,35H,13-14,16-17H2,1H3,(H,37,38). The number of pyridine rings is 1. The molecule has 2 aliphatic rings. The third-order valence-corrected chi connectivity index (χ3v) is 8.04. The van der Waals surface area contributed by atoms with E-state index in [2.05, 4.69) is 38.2 Å². The van der Waals surface area contributed by atoms with Crippen molar-refractivity contribution >= 4 is 45.7 Å². The van der Waals surface area contributed by atoms with Crippen molar-refractivity contribution in [1.29, 1.82) is 0 Å². The molecule has 0 spiro atoms. The lowest BCUT2D eigenvalue weighted by Crippen LogP contribution is -2.33. The Balaban J connectivity index is 1.29. The van der Waals surface area contributed by atoms with E-state index in [4.69, 9.17) is 4.98 Å². The Hall–Kier alpha value is -3.70. The fourth-order valence-corrected chi connectivity index (χ4v) is 5.72. The molecule has 1 fully saturated rings. The molecule has 3 aromatic carbocycles. The summed E-state index contributed by atoms with van der Waals surface area (Å²) in [6.45, 7) is 1.70. The van der Waals surface area contributed by atoms with E-state index in [1.807, 2.05) is 66.5 Å². The van der Waals surface area contributed by atoms with Gasteiger partial charge in [0.25, 0.3) is 5.91 Å². The first-order valence-electron chi connectivity index (χ1n) is 13.0. The first-order chi connectivity index (χ1) is 19.4. The number of aliphatic imine (C=N–C) groups is 1. The van der Waals surface area contributed by atoms with Crippen LogP contribution in [0.1, 0.15) is 33.5 Å². The van der Waals surface area contributed by atoms with Gasteiger partial charge in [-0.1, -0.05) is 18.2 Å². The number of nitrogens with zero attached hydrogens (tertiary/aromatic N) is 3. The van der Waals surface area contributed by atoms with Gasteiger partial charge in [0.15, 0.2) is 0 Å². The molecule has 1 atom stereocenters. The van der Waals surface area contributed by atoms with Crippen LogP contribution < -0.4 is 10.6 Å². The highest BCUT2D eigenvalue weighted by atomic mass is 127. The molecule has 9 heteroatoms. The zero-order chi connectivity index (χ0) is 27.8. The number of anilines is 2. The van der Waals surface area contributed by atoms with Crippen LogP contribution in [0.4, 0.5) is 20.3 Å². The number of likely N-dealkylation sites (tertiary alicyclic amines) is 1. The summed E-state index contributed by atoms with van der Waals surface area (Å²) in [4.78, 5) is 24.3. The lowest BCUT2D eigenvalue weighted by Gasteiger charge is -2.17. The number of benzene rings is 3. The van der Waals surface area contributed by atoms with Gasteiger partial charge in [0.1, 0.15) is 17.5 Å². The van der Waals surface area contributed by atoms with Crippen LogP contribution in [0.5, 0.6) is 0 Å². The molecule has 6 rings (SSSR count). The number of aromatic nitrogens is 1. The van der Waals surface area contributed by atoms with Gasteiger partial charge in [0, 0.05) is 50.6 Å². The van der Waals surface area contributed by atoms with Crippen LogP contribution in [-0.2, 0) is 6.54 Å². The maximum atomic E-state index is 14.8. The normalized spacial score (nSPS) is 16.1. The molecule has 1 unspecified atom stereocenters. The lowest BCUT2D eigenvalue weighted by molar-refractivity contribution is 0.0789. The number of rotatable bonds is 5. The van der Waals surface area contributed by atoms with Crippen molar-refractivity contribution < 1.29 is 13.6 Å². The topological polar surface area (TPSA) is 69.6 Å². The molecule has 1 amide bonds. The van der Waals surface area contributed by atoms with Crippen molar-refractivity contribution in [3.05, 3.63) is 110 Å². The molecule has 1 saturated heterocycles. The van der Waals surface area contributed by atoms with Gasteiger partial charge in [0.05, 0.1) is 23.5 Å². The third-order valence-electron chi connectivity index (χ3n) is 7.37. The van der Waals surface area contributed by atoms with E-state index in [1.54, 1.807) is 0 Å². The second-order valence-corrected chi connectivity index (χ2v) is 11.1. The van der Waals surface area contributed by atoms with Crippen LogP contribution in [0.25, 0.3) is 11.3 Å². The number of hydrogen-bond acceptors (Lipinski definition) is 5. The van der Waals surface area contributed by atoms with Crippen molar-refractivity contribution in [2.75, 3.05) is 25.5 Å². The minimum Gasteiger partial charge on any atom is -0.340 e. The van der Waals surface area contributed by atoms with Crippen LogP contribution in [0.2, 0.25) is 0 Å². The van der Waals surface area contributed by atoms with Gasteiger partial charge < -0.3 is 15.5 Å². The summed E-state index contributed by atoms with van der Waals surface area (Å²) in [5.41, 5.74) is 4.51. The average molecular weight is 649 g/mol. The number of nitrogens with one attached hydrogen (secondary N) is 2. The van der Waals surface area contributed by atoms with Crippen molar-refractivity contribution in [3.63, 3.8) is 0 Å². The highest BCUT2D eigenvalue weighted by Gasteiger charge is 2.26. The van der Waals surface area contributed by atoms with E-state index in [1.165, 1.54) is 18.2 Å². The molecule has 2 N–H and O–H groups in total. The molecular weight excluding hydrogens is 623 g/mol. The molecule has 0 radical (unpaired) electrons. The average Bonchev–Trinajstić information content (AvgIpc) is 3.39. The Morgan fingerprint density at radius 1 is 1.00 bits per heavy atom. The predicted molar refractivity (Wildman–Crippen MR) is 161 cm³/mol. The van der Waals surface area contributed by atoms with Crippen LogP contribution in [0.15, 0.2) is 77.8 Å². The van der Waals surface area contributed by atoms with Crippen molar-refractivity contribution in [2.45, 2.75) is 19.0 Å². The summed E-state index contributed by atoms with van der Waals surface area (Å²) in [5, 5.41) is 6.56. The molecule has 202 valence electrons. The van der Waals surface area contributed by atoms with E-state index < -0.39 is 11.6 Å². The smallest absolute Gasteiger partial charge is 0.253 e. The zero-order valence-corrected chi connectivity index (χ0v) is 23.9. The number of amides is 1. The second-order valence-electron chi connectivity index (χ2n) is 9.88. The van der Waals surface area contributed by atoms with Crippen LogP contribution >= 0.6 is 22.6 Å². The number of carbonyl (C=O) groups excluding carboxylic acids is 1. The summed E-state index contributed by atoms with van der Waals surface area (Å²) in [6.07, 6.45) is 0.954. The van der Waals surface area contributed by atoms with Crippen LogP contribution in [0.3, 0.4) is 0 Å².